The van der Waals surface area contributed by atoms with Gasteiger partial charge >= 0.3 is 0 Å². The van der Waals surface area contributed by atoms with Crippen molar-refractivity contribution >= 4 is 11.8 Å². The molecule has 0 amide bonds. The molecule has 6 heteroatoms. The van der Waals surface area contributed by atoms with Gasteiger partial charge in [0.15, 0.2) is 5.16 Å². The van der Waals surface area contributed by atoms with Crippen LogP contribution in [0.15, 0.2) is 22.2 Å². The van der Waals surface area contributed by atoms with Crippen molar-refractivity contribution in [2.45, 2.75) is 49.6 Å². The Morgan fingerprint density at radius 1 is 1.68 bits per heavy atom. The molecule has 0 fully saturated rings. The number of hydrogen-bond donors (Lipinski definition) is 2. The van der Waals surface area contributed by atoms with Crippen LogP contribution in [0.3, 0.4) is 0 Å². The molecule has 1 aromatic heterocycles. The number of aromatic amines is 1. The van der Waals surface area contributed by atoms with Gasteiger partial charge in [0, 0.05) is 17.5 Å². The van der Waals surface area contributed by atoms with E-state index in [1.54, 1.807) is 0 Å². The van der Waals surface area contributed by atoms with Gasteiger partial charge in [-0.3, -0.25) is 10.1 Å². The summed E-state index contributed by atoms with van der Waals surface area (Å²) in [4.78, 5) is 18.0. The molecular formula is C13H20N4OS. The molecule has 0 aliphatic heterocycles. The topological polar surface area (TPSA) is 81.6 Å². The molecule has 0 saturated heterocycles. The van der Waals surface area contributed by atoms with Crippen molar-refractivity contribution in [1.29, 1.82) is 5.26 Å². The van der Waals surface area contributed by atoms with Crippen LogP contribution in [0.1, 0.15) is 33.6 Å². The maximum absolute atomic E-state index is 11.2. The number of nitriles is 1. The van der Waals surface area contributed by atoms with Gasteiger partial charge in [-0.05, 0) is 26.3 Å². The summed E-state index contributed by atoms with van der Waals surface area (Å²) in [6.07, 6.45) is 3.17. The Kier molecular flexibility index (Phi) is 6.06. The molecule has 2 N–H and O–H groups in total. The van der Waals surface area contributed by atoms with Crippen LogP contribution in [0, 0.1) is 11.3 Å². The normalized spacial score (nSPS) is 15.5. The van der Waals surface area contributed by atoms with Crippen LogP contribution < -0.4 is 10.9 Å². The highest BCUT2D eigenvalue weighted by Gasteiger charge is 2.26. The zero-order valence-electron chi connectivity index (χ0n) is 11.6. The van der Waals surface area contributed by atoms with E-state index in [1.165, 1.54) is 24.0 Å². The lowest BCUT2D eigenvalue weighted by Gasteiger charge is -2.26. The molecule has 0 aliphatic rings. The first kappa shape index (κ1) is 15.7. The van der Waals surface area contributed by atoms with E-state index in [1.807, 2.05) is 13.8 Å². The van der Waals surface area contributed by atoms with Crippen molar-refractivity contribution < 1.29 is 0 Å². The van der Waals surface area contributed by atoms with Gasteiger partial charge in [-0.2, -0.15) is 5.26 Å². The Balaban J connectivity index is 2.61. The van der Waals surface area contributed by atoms with Crippen molar-refractivity contribution in [3.8, 4) is 6.07 Å². The first-order valence-electron chi connectivity index (χ1n) is 6.37. The van der Waals surface area contributed by atoms with E-state index < -0.39 is 5.54 Å². The van der Waals surface area contributed by atoms with Crippen LogP contribution in [-0.4, -0.2) is 27.3 Å². The Hall–Kier alpha value is -1.32. The SMILES string of the molecule is CCCNC(C)(C#N)CC(C)Sc1nccc(=O)[nH]1. The van der Waals surface area contributed by atoms with Crippen LogP contribution in [0.5, 0.6) is 0 Å². The number of thioether (sulfide) groups is 1. The number of nitrogens with one attached hydrogen (secondary N) is 2. The van der Waals surface area contributed by atoms with Crippen LogP contribution in [0.25, 0.3) is 0 Å². The fraction of sp³-hybridized carbons (Fsp3) is 0.615. The molecule has 0 aromatic carbocycles. The average Bonchev–Trinajstić information content (AvgIpc) is 2.36. The first-order chi connectivity index (χ1) is 8.99. The predicted molar refractivity (Wildman–Crippen MR) is 77.1 cm³/mol. The molecule has 104 valence electrons. The van der Waals surface area contributed by atoms with Crippen LogP contribution in [0.2, 0.25) is 0 Å². The van der Waals surface area contributed by atoms with Crippen molar-refractivity contribution in [2.75, 3.05) is 6.54 Å². The molecule has 0 aliphatic carbocycles. The van der Waals surface area contributed by atoms with Gasteiger partial charge in [0.25, 0.3) is 5.56 Å². The fourth-order valence-corrected chi connectivity index (χ4v) is 2.86. The average molecular weight is 280 g/mol. The van der Waals surface area contributed by atoms with E-state index >= 15 is 0 Å². The minimum absolute atomic E-state index is 0.156. The number of aromatic nitrogens is 2. The van der Waals surface area contributed by atoms with Crippen LogP contribution in [-0.2, 0) is 0 Å². The van der Waals surface area contributed by atoms with Crippen molar-refractivity contribution in [3.63, 3.8) is 0 Å². The third-order valence-corrected chi connectivity index (χ3v) is 3.67. The van der Waals surface area contributed by atoms with E-state index in [0.717, 1.165) is 13.0 Å². The maximum atomic E-state index is 11.2. The highest BCUT2D eigenvalue weighted by Crippen LogP contribution is 2.25. The summed E-state index contributed by atoms with van der Waals surface area (Å²) in [5.41, 5.74) is -0.700. The Bertz CT molecular complexity index is 496. The third-order valence-electron chi connectivity index (χ3n) is 2.67. The summed E-state index contributed by atoms with van der Waals surface area (Å²) in [6.45, 7) is 6.82. The van der Waals surface area contributed by atoms with Gasteiger partial charge < -0.3 is 4.98 Å². The second-order valence-corrected chi connectivity index (χ2v) is 6.17. The van der Waals surface area contributed by atoms with E-state index in [4.69, 9.17) is 0 Å². The van der Waals surface area contributed by atoms with Crippen molar-refractivity contribution in [1.82, 2.24) is 15.3 Å². The van der Waals surface area contributed by atoms with Crippen LogP contribution in [0.4, 0.5) is 0 Å². The molecule has 2 unspecified atom stereocenters. The quantitative estimate of drug-likeness (QED) is 0.589. The standard InChI is InChI=1S/C13H20N4OS/c1-4-6-16-13(3,9-14)8-10(2)19-12-15-7-5-11(18)17-12/h5,7,10,16H,4,6,8H2,1-3H3,(H,15,17,18). The molecule has 19 heavy (non-hydrogen) atoms. The summed E-state index contributed by atoms with van der Waals surface area (Å²) in [5.74, 6) is 0. The highest BCUT2D eigenvalue weighted by molar-refractivity contribution is 7.99. The van der Waals surface area contributed by atoms with Gasteiger partial charge in [0.2, 0.25) is 0 Å². The highest BCUT2D eigenvalue weighted by atomic mass is 32.2. The summed E-state index contributed by atoms with van der Waals surface area (Å²) < 4.78 is 0. The Morgan fingerprint density at radius 2 is 2.42 bits per heavy atom. The largest absolute Gasteiger partial charge is 0.301 e. The molecule has 5 nitrogen and oxygen atoms in total. The lowest BCUT2D eigenvalue weighted by molar-refractivity contribution is 0.418. The minimum atomic E-state index is -0.544. The van der Waals surface area contributed by atoms with Gasteiger partial charge in [-0.15, -0.1) is 0 Å². The monoisotopic (exact) mass is 280 g/mol. The zero-order chi connectivity index (χ0) is 14.3. The lowest BCUT2D eigenvalue weighted by atomic mass is 9.98. The molecule has 0 bridgehead atoms. The Morgan fingerprint density at radius 3 is 3.00 bits per heavy atom. The zero-order valence-corrected chi connectivity index (χ0v) is 12.4. The summed E-state index contributed by atoms with van der Waals surface area (Å²) >= 11 is 1.48. The molecule has 0 spiro atoms. The second kappa shape index (κ2) is 7.31. The van der Waals surface area contributed by atoms with E-state index in [9.17, 15) is 10.1 Å². The predicted octanol–water partition coefficient (Wildman–Crippen LogP) is 1.92. The smallest absolute Gasteiger partial charge is 0.251 e. The first-order valence-corrected chi connectivity index (χ1v) is 7.25. The van der Waals surface area contributed by atoms with Crippen molar-refractivity contribution in [3.05, 3.63) is 22.6 Å². The van der Waals surface area contributed by atoms with E-state index in [-0.39, 0.29) is 10.8 Å². The maximum Gasteiger partial charge on any atom is 0.251 e. The third kappa shape index (κ3) is 5.45. The van der Waals surface area contributed by atoms with E-state index in [2.05, 4.69) is 28.3 Å². The summed E-state index contributed by atoms with van der Waals surface area (Å²) in [7, 11) is 0. The second-order valence-electron chi connectivity index (χ2n) is 4.74. The molecule has 1 aromatic rings. The number of rotatable bonds is 7. The summed E-state index contributed by atoms with van der Waals surface area (Å²) in [6, 6.07) is 3.71. The Labute approximate surface area is 117 Å². The van der Waals surface area contributed by atoms with Crippen LogP contribution >= 0.6 is 11.8 Å². The van der Waals surface area contributed by atoms with Gasteiger partial charge in [-0.1, -0.05) is 25.6 Å². The number of H-pyrrole nitrogens is 1. The fourth-order valence-electron chi connectivity index (χ4n) is 1.78. The molecule has 2 atom stereocenters. The summed E-state index contributed by atoms with van der Waals surface area (Å²) in [5, 5.41) is 13.3. The van der Waals surface area contributed by atoms with Gasteiger partial charge in [0.1, 0.15) is 5.54 Å². The molecule has 0 radical (unpaired) electrons. The van der Waals surface area contributed by atoms with Gasteiger partial charge in [0.05, 0.1) is 6.07 Å². The lowest BCUT2D eigenvalue weighted by Crippen LogP contribution is -2.43. The molecule has 0 saturated carbocycles. The molecule has 1 rings (SSSR count). The van der Waals surface area contributed by atoms with Crippen molar-refractivity contribution in [2.24, 2.45) is 0 Å². The minimum Gasteiger partial charge on any atom is -0.301 e. The van der Waals surface area contributed by atoms with Gasteiger partial charge in [-0.25, -0.2) is 4.98 Å². The number of hydrogen-bond acceptors (Lipinski definition) is 5. The molecular weight excluding hydrogens is 260 g/mol. The van der Waals surface area contributed by atoms with E-state index in [0.29, 0.717) is 11.6 Å². The molecule has 1 heterocycles. The number of nitrogens with zero attached hydrogens (tertiary/aromatic N) is 2.